The van der Waals surface area contributed by atoms with Crippen molar-refractivity contribution >= 4 is 11.7 Å². The Morgan fingerprint density at radius 3 is 2.68 bits per heavy atom. The van der Waals surface area contributed by atoms with Crippen molar-refractivity contribution in [3.8, 4) is 11.5 Å². The first-order valence-corrected chi connectivity index (χ1v) is 7.52. The Balaban J connectivity index is 2.06. The molecule has 1 unspecified atom stereocenters. The second-order valence-electron chi connectivity index (χ2n) is 5.63. The Hall–Kier alpha value is -3.07. The average Bonchev–Trinajstić information content (AvgIpc) is 2.51. The smallest absolute Gasteiger partial charge is 0.314 e. The summed E-state index contributed by atoms with van der Waals surface area (Å²) < 4.78 is 0. The Morgan fingerprint density at radius 2 is 2.04 bits per heavy atom. The average molecular weight is 350 g/mol. The molecule has 9 heteroatoms. The Kier molecular flexibility index (Phi) is 5.60. The largest absolute Gasteiger partial charge is 0.504 e. The fourth-order valence-corrected chi connectivity index (χ4v) is 2.57. The first-order valence-electron chi connectivity index (χ1n) is 7.52. The highest BCUT2D eigenvalue weighted by Gasteiger charge is 2.21. The van der Waals surface area contributed by atoms with Crippen LogP contribution in [0.1, 0.15) is 24.8 Å². The second kappa shape index (κ2) is 7.67. The summed E-state index contributed by atoms with van der Waals surface area (Å²) in [6.07, 6.45) is 3.39. The van der Waals surface area contributed by atoms with E-state index < -0.39 is 34.3 Å². The van der Waals surface area contributed by atoms with Crippen molar-refractivity contribution in [2.45, 2.75) is 31.9 Å². The van der Waals surface area contributed by atoms with Gasteiger partial charge in [0.15, 0.2) is 5.75 Å². The minimum absolute atomic E-state index is 0.0773. The summed E-state index contributed by atoms with van der Waals surface area (Å²) in [5, 5.41) is 51.8. The molecule has 1 aromatic carbocycles. The molecule has 2 rings (SSSR count). The highest BCUT2D eigenvalue weighted by atomic mass is 16.6. The van der Waals surface area contributed by atoms with Gasteiger partial charge in [0, 0.05) is 23.7 Å². The van der Waals surface area contributed by atoms with Crippen LogP contribution in [0.5, 0.6) is 11.5 Å². The number of phenolic OH excluding ortho intramolecular Hbond substituents is 2. The Labute approximate surface area is 142 Å². The van der Waals surface area contributed by atoms with Gasteiger partial charge < -0.3 is 25.7 Å². The molecule has 134 valence electrons. The van der Waals surface area contributed by atoms with Gasteiger partial charge in [0.25, 0.3) is 0 Å². The fraction of sp³-hybridized carbons (Fsp3) is 0.312. The zero-order chi connectivity index (χ0) is 18.6. The lowest BCUT2D eigenvalue weighted by atomic mass is 10.00. The number of nitrogens with one attached hydrogen (secondary N) is 1. The number of aliphatic hydroxyl groups is 1. The normalized spacial score (nSPS) is 15.1. The van der Waals surface area contributed by atoms with Crippen LogP contribution in [0.3, 0.4) is 0 Å². The van der Waals surface area contributed by atoms with Crippen molar-refractivity contribution in [3.05, 3.63) is 51.2 Å². The molecule has 0 fully saturated rings. The van der Waals surface area contributed by atoms with Crippen LogP contribution >= 0.6 is 0 Å². The number of hydrogen-bond donors (Lipinski definition) is 5. The minimum atomic E-state index is -1.14. The van der Waals surface area contributed by atoms with E-state index in [-0.39, 0.29) is 18.4 Å². The van der Waals surface area contributed by atoms with Crippen LogP contribution in [0.2, 0.25) is 0 Å². The van der Waals surface area contributed by atoms with Gasteiger partial charge in [-0.1, -0.05) is 11.6 Å². The number of hydrogen-bond acceptors (Lipinski definition) is 7. The first kappa shape index (κ1) is 18.3. The number of rotatable bonds is 7. The van der Waals surface area contributed by atoms with Crippen molar-refractivity contribution in [2.75, 3.05) is 0 Å². The van der Waals surface area contributed by atoms with Crippen molar-refractivity contribution in [3.63, 3.8) is 0 Å². The summed E-state index contributed by atoms with van der Waals surface area (Å²) in [5.41, 5.74) is 0.787. The summed E-state index contributed by atoms with van der Waals surface area (Å²) in [6.45, 7) is 0. The fourth-order valence-electron chi connectivity index (χ4n) is 2.57. The number of carboxylic acid groups (broad SMARTS) is 1. The van der Waals surface area contributed by atoms with E-state index in [1.54, 1.807) is 6.08 Å². The van der Waals surface area contributed by atoms with Crippen molar-refractivity contribution in [1.29, 1.82) is 0 Å². The lowest BCUT2D eigenvalue weighted by Crippen LogP contribution is -2.30. The maximum absolute atomic E-state index is 10.8. The molecule has 25 heavy (non-hydrogen) atoms. The molecule has 0 heterocycles. The third kappa shape index (κ3) is 4.70. The highest BCUT2D eigenvalue weighted by Crippen LogP contribution is 2.38. The van der Waals surface area contributed by atoms with Crippen LogP contribution in [0, 0.1) is 10.1 Å². The molecular weight excluding hydrogens is 332 g/mol. The number of aliphatic carboxylic acids is 1. The van der Waals surface area contributed by atoms with Crippen LogP contribution in [0.15, 0.2) is 35.6 Å². The molecule has 1 aliphatic rings. The SMILES string of the molecule is O=C(O)CC1=CC(NC(O)Cc2ccc([N+](=O)[O-])c(O)c2O)=CCC1. The van der Waals surface area contributed by atoms with Gasteiger partial charge in [0.2, 0.25) is 5.75 Å². The number of benzene rings is 1. The summed E-state index contributed by atoms with van der Waals surface area (Å²) in [4.78, 5) is 20.6. The van der Waals surface area contributed by atoms with E-state index in [4.69, 9.17) is 5.11 Å². The van der Waals surface area contributed by atoms with E-state index in [0.717, 1.165) is 11.6 Å². The third-order valence-electron chi connectivity index (χ3n) is 3.72. The van der Waals surface area contributed by atoms with Gasteiger partial charge in [-0.2, -0.15) is 0 Å². The maximum Gasteiger partial charge on any atom is 0.314 e. The number of allylic oxidation sites excluding steroid dienone is 2. The van der Waals surface area contributed by atoms with Crippen LogP contribution < -0.4 is 5.32 Å². The predicted molar refractivity (Wildman–Crippen MR) is 86.9 cm³/mol. The molecule has 0 bridgehead atoms. The number of aromatic hydroxyl groups is 2. The maximum atomic E-state index is 10.8. The van der Waals surface area contributed by atoms with Gasteiger partial charge >= 0.3 is 11.7 Å². The van der Waals surface area contributed by atoms with Gasteiger partial charge in [-0.3, -0.25) is 14.9 Å². The van der Waals surface area contributed by atoms with Crippen molar-refractivity contribution < 1.29 is 30.1 Å². The second-order valence-corrected chi connectivity index (χ2v) is 5.63. The molecule has 1 aliphatic carbocycles. The van der Waals surface area contributed by atoms with E-state index in [1.807, 2.05) is 6.08 Å². The zero-order valence-corrected chi connectivity index (χ0v) is 13.2. The zero-order valence-electron chi connectivity index (χ0n) is 13.2. The molecule has 0 saturated carbocycles. The molecule has 1 atom stereocenters. The molecule has 0 spiro atoms. The van der Waals surface area contributed by atoms with Crippen LogP contribution in [-0.2, 0) is 11.2 Å². The number of nitro benzene ring substituents is 1. The van der Waals surface area contributed by atoms with Gasteiger partial charge in [-0.15, -0.1) is 0 Å². The number of aliphatic hydroxyl groups excluding tert-OH is 1. The van der Waals surface area contributed by atoms with Gasteiger partial charge in [-0.05, 0) is 25.0 Å². The number of phenols is 2. The van der Waals surface area contributed by atoms with E-state index in [0.29, 0.717) is 18.5 Å². The summed E-state index contributed by atoms with van der Waals surface area (Å²) >= 11 is 0. The molecular formula is C16H18N2O7. The summed E-state index contributed by atoms with van der Waals surface area (Å²) in [5.74, 6) is -2.44. The number of carbonyl (C=O) groups is 1. The topological polar surface area (TPSA) is 153 Å². The monoisotopic (exact) mass is 350 g/mol. The van der Waals surface area contributed by atoms with Gasteiger partial charge in [0.1, 0.15) is 6.23 Å². The molecule has 0 aliphatic heterocycles. The predicted octanol–water partition coefficient (Wildman–Crippen LogP) is 1.54. The van der Waals surface area contributed by atoms with Crippen LogP contribution in [0.25, 0.3) is 0 Å². The number of nitro groups is 1. The summed E-state index contributed by atoms with van der Waals surface area (Å²) in [6, 6.07) is 2.29. The number of carboxylic acids is 1. The quantitative estimate of drug-likeness (QED) is 0.215. The molecule has 1 aromatic rings. The van der Waals surface area contributed by atoms with Crippen LogP contribution in [-0.4, -0.2) is 37.5 Å². The number of nitrogens with zero attached hydrogens (tertiary/aromatic N) is 1. The van der Waals surface area contributed by atoms with Crippen LogP contribution in [0.4, 0.5) is 5.69 Å². The van der Waals surface area contributed by atoms with Crippen molar-refractivity contribution in [2.24, 2.45) is 0 Å². The molecule has 0 amide bonds. The van der Waals surface area contributed by atoms with E-state index in [1.165, 1.54) is 6.07 Å². The van der Waals surface area contributed by atoms with Gasteiger partial charge in [0.05, 0.1) is 11.3 Å². The minimum Gasteiger partial charge on any atom is -0.504 e. The Bertz CT molecular complexity index is 755. The first-order chi connectivity index (χ1) is 11.8. The molecule has 0 radical (unpaired) electrons. The third-order valence-corrected chi connectivity index (χ3v) is 3.72. The molecule has 5 N–H and O–H groups in total. The van der Waals surface area contributed by atoms with E-state index in [9.17, 15) is 30.2 Å². The van der Waals surface area contributed by atoms with Crippen molar-refractivity contribution in [1.82, 2.24) is 5.32 Å². The molecule has 0 saturated heterocycles. The van der Waals surface area contributed by atoms with Gasteiger partial charge in [-0.25, -0.2) is 0 Å². The lowest BCUT2D eigenvalue weighted by Gasteiger charge is -2.19. The molecule has 9 nitrogen and oxygen atoms in total. The standard InChI is InChI=1S/C16H18N2O7/c19-13(17-11-3-1-2-9(6-11)7-14(20)21)8-10-4-5-12(18(24)25)16(23)15(10)22/h3-6,13,17,19,22-23H,1-2,7-8H2,(H,20,21). The lowest BCUT2D eigenvalue weighted by molar-refractivity contribution is -0.386. The Morgan fingerprint density at radius 1 is 1.32 bits per heavy atom. The van der Waals surface area contributed by atoms with E-state index >= 15 is 0 Å². The summed E-state index contributed by atoms with van der Waals surface area (Å²) in [7, 11) is 0. The highest BCUT2D eigenvalue weighted by molar-refractivity contribution is 5.70. The molecule has 0 aromatic heterocycles. The van der Waals surface area contributed by atoms with E-state index in [2.05, 4.69) is 5.32 Å².